The Morgan fingerprint density at radius 1 is 1.26 bits per heavy atom. The first-order chi connectivity index (χ1) is 9.15. The van der Waals surface area contributed by atoms with E-state index < -0.39 is 5.76 Å². The van der Waals surface area contributed by atoms with E-state index in [-0.39, 0.29) is 0 Å². The Balaban J connectivity index is 2.17. The fourth-order valence-corrected chi connectivity index (χ4v) is 1.94. The van der Waals surface area contributed by atoms with Crippen LogP contribution in [0.4, 0.5) is 5.95 Å². The zero-order valence-corrected chi connectivity index (χ0v) is 10.5. The highest BCUT2D eigenvalue weighted by Gasteiger charge is 2.07. The summed E-state index contributed by atoms with van der Waals surface area (Å²) < 4.78 is 4.97. The van der Waals surface area contributed by atoms with Crippen molar-refractivity contribution < 1.29 is 4.42 Å². The number of hydrogen-bond acceptors (Lipinski definition) is 5. The van der Waals surface area contributed by atoms with Crippen molar-refractivity contribution in [3.8, 4) is 11.3 Å². The molecule has 2 N–H and O–H groups in total. The molecule has 0 atom stereocenters. The van der Waals surface area contributed by atoms with Crippen molar-refractivity contribution in [1.29, 1.82) is 0 Å². The zero-order chi connectivity index (χ0) is 13.4. The molecule has 2 aromatic heterocycles. The number of aromatic amines is 1. The van der Waals surface area contributed by atoms with E-state index in [1.807, 2.05) is 25.1 Å². The summed E-state index contributed by atoms with van der Waals surface area (Å²) in [5.74, 6) is 0.109. The largest absolute Gasteiger partial charge is 0.417 e. The summed E-state index contributed by atoms with van der Waals surface area (Å²) in [5.41, 5.74) is 3.75. The number of oxazole rings is 1. The highest BCUT2D eigenvalue weighted by atomic mass is 16.4. The molecular weight excluding hydrogens is 244 g/mol. The fourth-order valence-electron chi connectivity index (χ4n) is 1.94. The van der Waals surface area contributed by atoms with Crippen molar-refractivity contribution in [2.75, 3.05) is 12.4 Å². The third-order valence-corrected chi connectivity index (χ3v) is 2.79. The zero-order valence-electron chi connectivity index (χ0n) is 10.5. The van der Waals surface area contributed by atoms with Crippen molar-refractivity contribution >= 4 is 17.0 Å². The van der Waals surface area contributed by atoms with Gasteiger partial charge in [0.2, 0.25) is 5.95 Å². The molecule has 6 heteroatoms. The maximum absolute atomic E-state index is 11.1. The first-order valence-electron chi connectivity index (χ1n) is 5.82. The van der Waals surface area contributed by atoms with Gasteiger partial charge in [-0.25, -0.2) is 14.8 Å². The second-order valence-electron chi connectivity index (χ2n) is 4.19. The topological polar surface area (TPSA) is 83.8 Å². The summed E-state index contributed by atoms with van der Waals surface area (Å²) in [6, 6.07) is 7.33. The van der Waals surface area contributed by atoms with Crippen LogP contribution in [0.5, 0.6) is 0 Å². The fraction of sp³-hybridized carbons (Fsp3) is 0.154. The molecule has 0 aliphatic carbocycles. The predicted molar refractivity (Wildman–Crippen MR) is 72.1 cm³/mol. The molecule has 1 aromatic carbocycles. The van der Waals surface area contributed by atoms with E-state index >= 15 is 0 Å². The summed E-state index contributed by atoms with van der Waals surface area (Å²) in [4.78, 5) is 22.4. The van der Waals surface area contributed by atoms with Crippen LogP contribution in [-0.4, -0.2) is 22.0 Å². The normalized spacial score (nSPS) is 10.8. The minimum absolute atomic E-state index is 0.457. The highest BCUT2D eigenvalue weighted by Crippen LogP contribution is 2.22. The third-order valence-electron chi connectivity index (χ3n) is 2.79. The molecule has 19 heavy (non-hydrogen) atoms. The smallest absolute Gasteiger partial charge is 0.408 e. The molecule has 3 aromatic rings. The molecule has 0 fully saturated rings. The Bertz CT molecular complexity index is 804. The minimum Gasteiger partial charge on any atom is -0.408 e. The van der Waals surface area contributed by atoms with Gasteiger partial charge in [0, 0.05) is 18.3 Å². The van der Waals surface area contributed by atoms with Crippen LogP contribution >= 0.6 is 0 Å². The lowest BCUT2D eigenvalue weighted by atomic mass is 10.1. The molecule has 0 radical (unpaired) electrons. The van der Waals surface area contributed by atoms with E-state index in [0.29, 0.717) is 17.0 Å². The van der Waals surface area contributed by atoms with Crippen LogP contribution in [0.2, 0.25) is 0 Å². The van der Waals surface area contributed by atoms with E-state index in [1.165, 1.54) is 0 Å². The maximum Gasteiger partial charge on any atom is 0.417 e. The Labute approximate surface area is 108 Å². The lowest BCUT2D eigenvalue weighted by Crippen LogP contribution is -1.99. The van der Waals surface area contributed by atoms with Gasteiger partial charge in [-0.3, -0.25) is 4.98 Å². The molecule has 0 saturated heterocycles. The minimum atomic E-state index is -0.457. The number of hydrogen-bond donors (Lipinski definition) is 2. The van der Waals surface area contributed by atoms with Gasteiger partial charge in [0.15, 0.2) is 5.58 Å². The van der Waals surface area contributed by atoms with Crippen molar-refractivity contribution in [1.82, 2.24) is 15.0 Å². The molecule has 2 heterocycles. The first kappa shape index (κ1) is 11.5. The van der Waals surface area contributed by atoms with E-state index in [0.717, 1.165) is 17.0 Å². The van der Waals surface area contributed by atoms with Gasteiger partial charge in [-0.1, -0.05) is 0 Å². The molecule has 0 aliphatic rings. The Morgan fingerprint density at radius 2 is 2.11 bits per heavy atom. The highest BCUT2D eigenvalue weighted by molar-refractivity contribution is 5.79. The summed E-state index contributed by atoms with van der Waals surface area (Å²) in [5, 5.41) is 2.92. The van der Waals surface area contributed by atoms with Crippen LogP contribution in [0.15, 0.2) is 33.5 Å². The first-order valence-corrected chi connectivity index (χ1v) is 5.82. The SMILES string of the molecule is CNc1nc(C)cc(-c2ccc3oc(=O)[nH]c3c2)n1. The maximum atomic E-state index is 11.1. The number of rotatable bonds is 2. The van der Waals surface area contributed by atoms with Crippen LogP contribution in [0.25, 0.3) is 22.4 Å². The Morgan fingerprint density at radius 3 is 2.89 bits per heavy atom. The van der Waals surface area contributed by atoms with Gasteiger partial charge < -0.3 is 9.73 Å². The molecular formula is C13H12N4O2. The van der Waals surface area contributed by atoms with Crippen LogP contribution in [0.3, 0.4) is 0 Å². The monoisotopic (exact) mass is 256 g/mol. The number of benzene rings is 1. The van der Waals surface area contributed by atoms with Gasteiger partial charge in [0.05, 0.1) is 11.2 Å². The average molecular weight is 256 g/mol. The molecule has 0 aliphatic heterocycles. The molecule has 0 unspecified atom stereocenters. The third kappa shape index (κ3) is 2.08. The standard InChI is InChI=1S/C13H12N4O2/c1-7-5-9(16-12(14-2)15-7)8-3-4-11-10(6-8)17-13(18)19-11/h3-6H,1-2H3,(H,17,18)(H,14,15,16). The van der Waals surface area contributed by atoms with Crippen LogP contribution in [0.1, 0.15) is 5.69 Å². The van der Waals surface area contributed by atoms with E-state index in [1.54, 1.807) is 13.1 Å². The summed E-state index contributed by atoms with van der Waals surface area (Å²) in [6.07, 6.45) is 0. The number of nitrogens with one attached hydrogen (secondary N) is 2. The second-order valence-corrected chi connectivity index (χ2v) is 4.19. The molecule has 0 spiro atoms. The average Bonchev–Trinajstić information content (AvgIpc) is 2.76. The summed E-state index contributed by atoms with van der Waals surface area (Å²) >= 11 is 0. The van der Waals surface area contributed by atoms with Crippen molar-refractivity contribution in [2.45, 2.75) is 6.92 Å². The second kappa shape index (κ2) is 4.24. The lowest BCUT2D eigenvalue weighted by Gasteiger charge is -2.05. The number of aromatic nitrogens is 3. The predicted octanol–water partition coefficient (Wildman–Crippen LogP) is 1.93. The molecule has 3 rings (SSSR count). The van der Waals surface area contributed by atoms with E-state index in [9.17, 15) is 4.79 Å². The number of nitrogens with zero attached hydrogens (tertiary/aromatic N) is 2. The molecule has 96 valence electrons. The molecule has 0 amide bonds. The van der Waals surface area contributed by atoms with Crippen molar-refractivity contribution in [3.05, 3.63) is 40.5 Å². The Hall–Kier alpha value is -2.63. The summed E-state index contributed by atoms with van der Waals surface area (Å²) in [7, 11) is 1.77. The van der Waals surface area contributed by atoms with Gasteiger partial charge >= 0.3 is 5.76 Å². The van der Waals surface area contributed by atoms with Crippen LogP contribution in [-0.2, 0) is 0 Å². The van der Waals surface area contributed by atoms with Gasteiger partial charge in [-0.2, -0.15) is 0 Å². The lowest BCUT2D eigenvalue weighted by molar-refractivity contribution is 0.555. The van der Waals surface area contributed by atoms with Gasteiger partial charge in [0.25, 0.3) is 0 Å². The van der Waals surface area contributed by atoms with E-state index in [2.05, 4.69) is 20.3 Å². The Kier molecular flexibility index (Phi) is 2.56. The van der Waals surface area contributed by atoms with Crippen molar-refractivity contribution in [2.24, 2.45) is 0 Å². The van der Waals surface area contributed by atoms with Crippen LogP contribution < -0.4 is 11.1 Å². The summed E-state index contributed by atoms with van der Waals surface area (Å²) in [6.45, 7) is 1.91. The quantitative estimate of drug-likeness (QED) is 0.732. The molecule has 0 bridgehead atoms. The number of H-pyrrole nitrogens is 1. The number of aryl methyl sites for hydroxylation is 1. The van der Waals surface area contributed by atoms with Gasteiger partial charge in [-0.15, -0.1) is 0 Å². The van der Waals surface area contributed by atoms with Crippen LogP contribution in [0, 0.1) is 6.92 Å². The van der Waals surface area contributed by atoms with Gasteiger partial charge in [0.1, 0.15) is 0 Å². The van der Waals surface area contributed by atoms with E-state index in [4.69, 9.17) is 4.42 Å². The van der Waals surface area contributed by atoms with Gasteiger partial charge in [-0.05, 0) is 31.2 Å². The molecule has 6 nitrogen and oxygen atoms in total. The number of anilines is 1. The number of fused-ring (bicyclic) bond motifs is 1. The molecule has 0 saturated carbocycles. The van der Waals surface area contributed by atoms with Crippen molar-refractivity contribution in [3.63, 3.8) is 0 Å².